The summed E-state index contributed by atoms with van der Waals surface area (Å²) in [5, 5.41) is 7.00. The van der Waals surface area contributed by atoms with Gasteiger partial charge in [-0.05, 0) is 12.1 Å². The van der Waals surface area contributed by atoms with E-state index in [9.17, 15) is 4.79 Å². The maximum absolute atomic E-state index is 12.0. The summed E-state index contributed by atoms with van der Waals surface area (Å²) in [7, 11) is 1.92. The zero-order valence-electron chi connectivity index (χ0n) is 12.2. The molecule has 0 bridgehead atoms. The lowest BCUT2D eigenvalue weighted by molar-refractivity contribution is 0.0943. The third-order valence-electron chi connectivity index (χ3n) is 3.30. The van der Waals surface area contributed by atoms with Gasteiger partial charge in [-0.1, -0.05) is 18.2 Å². The first-order valence-electron chi connectivity index (χ1n) is 6.94. The van der Waals surface area contributed by atoms with Gasteiger partial charge in [-0.2, -0.15) is 0 Å². The van der Waals surface area contributed by atoms with Crippen molar-refractivity contribution in [3.8, 4) is 5.69 Å². The third kappa shape index (κ3) is 3.03. The molecule has 1 amide bonds. The van der Waals surface area contributed by atoms with Crippen molar-refractivity contribution in [1.82, 2.24) is 29.6 Å². The van der Waals surface area contributed by atoms with Crippen LogP contribution in [-0.2, 0) is 13.5 Å². The van der Waals surface area contributed by atoms with Gasteiger partial charge >= 0.3 is 0 Å². The van der Waals surface area contributed by atoms with Crippen molar-refractivity contribution in [1.29, 1.82) is 0 Å². The summed E-state index contributed by atoms with van der Waals surface area (Å²) in [5.74, 6) is -0.120. The van der Waals surface area contributed by atoms with Crippen molar-refractivity contribution in [2.24, 2.45) is 7.05 Å². The number of aryl methyl sites for hydroxylation is 1. The topological polar surface area (TPSA) is 77.6 Å². The average Bonchev–Trinajstić information content (AvgIpc) is 3.18. The molecule has 0 unspecified atom stereocenters. The van der Waals surface area contributed by atoms with E-state index >= 15 is 0 Å². The van der Waals surface area contributed by atoms with Crippen LogP contribution in [0.2, 0.25) is 0 Å². The van der Waals surface area contributed by atoms with Crippen molar-refractivity contribution in [3.05, 3.63) is 60.7 Å². The third-order valence-corrected chi connectivity index (χ3v) is 3.30. The van der Waals surface area contributed by atoms with Crippen LogP contribution < -0.4 is 5.32 Å². The van der Waals surface area contributed by atoms with Crippen molar-refractivity contribution in [3.63, 3.8) is 0 Å². The minimum atomic E-state index is -0.281. The van der Waals surface area contributed by atoms with Gasteiger partial charge in [0, 0.05) is 31.9 Å². The number of hydrogen-bond acceptors (Lipinski definition) is 4. The lowest BCUT2D eigenvalue weighted by Gasteiger charge is -2.03. The van der Waals surface area contributed by atoms with E-state index in [-0.39, 0.29) is 11.7 Å². The number of nitrogens with one attached hydrogen (secondary N) is 1. The highest BCUT2D eigenvalue weighted by Crippen LogP contribution is 2.04. The number of rotatable bonds is 5. The number of nitrogens with zero attached hydrogens (tertiary/aromatic N) is 5. The van der Waals surface area contributed by atoms with Gasteiger partial charge in [0.2, 0.25) is 5.82 Å². The molecule has 0 atom stereocenters. The van der Waals surface area contributed by atoms with Crippen molar-refractivity contribution < 1.29 is 4.79 Å². The zero-order valence-corrected chi connectivity index (χ0v) is 12.2. The fourth-order valence-corrected chi connectivity index (χ4v) is 2.08. The number of carbonyl (C=O) groups excluding carboxylic acids is 1. The molecular weight excluding hydrogens is 280 g/mol. The molecule has 0 aliphatic carbocycles. The smallest absolute Gasteiger partial charge is 0.290 e. The Labute approximate surface area is 127 Å². The van der Waals surface area contributed by atoms with E-state index in [1.807, 2.05) is 41.9 Å². The Hall–Kier alpha value is -2.96. The number of benzene rings is 1. The van der Waals surface area contributed by atoms with Gasteiger partial charge in [0.1, 0.15) is 6.33 Å². The number of amides is 1. The second kappa shape index (κ2) is 6.21. The average molecular weight is 296 g/mol. The van der Waals surface area contributed by atoms with Crippen LogP contribution >= 0.6 is 0 Å². The van der Waals surface area contributed by atoms with Gasteiger partial charge < -0.3 is 9.88 Å². The second-order valence-corrected chi connectivity index (χ2v) is 4.85. The largest absolute Gasteiger partial charge is 0.349 e. The molecule has 0 saturated carbocycles. The van der Waals surface area contributed by atoms with E-state index < -0.39 is 0 Å². The Bertz CT molecular complexity index is 761. The Balaban J connectivity index is 1.59. The molecule has 0 spiro atoms. The molecule has 3 rings (SSSR count). The van der Waals surface area contributed by atoms with Gasteiger partial charge in [-0.3, -0.25) is 4.79 Å². The van der Waals surface area contributed by atoms with E-state index in [0.29, 0.717) is 13.0 Å². The molecule has 1 aromatic carbocycles. The molecule has 2 aromatic heterocycles. The molecule has 7 heteroatoms. The summed E-state index contributed by atoms with van der Waals surface area (Å²) in [6.45, 7) is 0.512. The Kier molecular flexibility index (Phi) is 3.95. The predicted molar refractivity (Wildman–Crippen MR) is 80.6 cm³/mol. The Morgan fingerprint density at radius 2 is 2.05 bits per heavy atom. The fourth-order valence-electron chi connectivity index (χ4n) is 2.08. The van der Waals surface area contributed by atoms with Gasteiger partial charge in [0.25, 0.3) is 5.91 Å². The highest BCUT2D eigenvalue weighted by molar-refractivity contribution is 5.90. The number of hydrogen-bond donors (Lipinski definition) is 1. The second-order valence-electron chi connectivity index (χ2n) is 4.85. The summed E-state index contributed by atoms with van der Waals surface area (Å²) in [4.78, 5) is 20.1. The maximum atomic E-state index is 12.0. The molecule has 2 heterocycles. The van der Waals surface area contributed by atoms with Crippen LogP contribution in [-0.4, -0.2) is 36.8 Å². The van der Waals surface area contributed by atoms with Crippen LogP contribution in [0.3, 0.4) is 0 Å². The van der Waals surface area contributed by atoms with Gasteiger partial charge in [-0.15, -0.1) is 5.10 Å². The number of carbonyl (C=O) groups is 1. The monoisotopic (exact) mass is 296 g/mol. The highest BCUT2D eigenvalue weighted by Gasteiger charge is 2.11. The van der Waals surface area contributed by atoms with Crippen LogP contribution in [0.1, 0.15) is 16.3 Å². The quantitative estimate of drug-likeness (QED) is 0.761. The molecular formula is C15H16N6O. The zero-order chi connectivity index (χ0) is 15.4. The molecule has 3 aromatic rings. The summed E-state index contributed by atoms with van der Waals surface area (Å²) in [6.07, 6.45) is 5.77. The SMILES string of the molecule is Cn1cncc1CCNC(=O)c1ncn(-c2ccccc2)n1. The highest BCUT2D eigenvalue weighted by atomic mass is 16.2. The van der Waals surface area contributed by atoms with E-state index in [4.69, 9.17) is 0 Å². The van der Waals surface area contributed by atoms with Crippen LogP contribution in [0.4, 0.5) is 0 Å². The summed E-state index contributed by atoms with van der Waals surface area (Å²) in [5.41, 5.74) is 1.92. The molecule has 0 aliphatic rings. The van der Waals surface area contributed by atoms with Crippen molar-refractivity contribution in [2.45, 2.75) is 6.42 Å². The van der Waals surface area contributed by atoms with Crippen LogP contribution in [0.15, 0.2) is 49.2 Å². The normalized spacial score (nSPS) is 10.6. The van der Waals surface area contributed by atoms with Crippen molar-refractivity contribution in [2.75, 3.05) is 6.54 Å². The van der Waals surface area contributed by atoms with E-state index in [0.717, 1.165) is 11.4 Å². The van der Waals surface area contributed by atoms with Crippen LogP contribution in [0.25, 0.3) is 5.69 Å². The maximum Gasteiger partial charge on any atom is 0.290 e. The lowest BCUT2D eigenvalue weighted by Crippen LogP contribution is -2.27. The molecule has 7 nitrogen and oxygen atoms in total. The molecule has 0 fully saturated rings. The molecule has 0 saturated heterocycles. The summed E-state index contributed by atoms with van der Waals surface area (Å²) >= 11 is 0. The van der Waals surface area contributed by atoms with E-state index in [1.54, 1.807) is 17.2 Å². The number of imidazole rings is 1. The first-order chi connectivity index (χ1) is 10.7. The molecule has 0 radical (unpaired) electrons. The summed E-state index contributed by atoms with van der Waals surface area (Å²) in [6, 6.07) is 9.54. The first-order valence-corrected chi connectivity index (χ1v) is 6.94. The Morgan fingerprint density at radius 1 is 1.23 bits per heavy atom. The molecule has 112 valence electrons. The number of aromatic nitrogens is 5. The van der Waals surface area contributed by atoms with E-state index in [1.165, 1.54) is 6.33 Å². The standard InChI is InChI=1S/C15H16N6O/c1-20-10-16-9-13(20)7-8-17-15(22)14-18-11-21(19-14)12-5-3-2-4-6-12/h2-6,9-11H,7-8H2,1H3,(H,17,22). The minimum Gasteiger partial charge on any atom is -0.349 e. The summed E-state index contributed by atoms with van der Waals surface area (Å²) < 4.78 is 3.50. The Morgan fingerprint density at radius 3 is 2.77 bits per heavy atom. The van der Waals surface area contributed by atoms with Crippen molar-refractivity contribution >= 4 is 5.91 Å². The van der Waals surface area contributed by atoms with Crippen LogP contribution in [0, 0.1) is 0 Å². The minimum absolute atomic E-state index is 0.161. The number of para-hydroxylation sites is 1. The fraction of sp³-hybridized carbons (Fsp3) is 0.200. The van der Waals surface area contributed by atoms with Gasteiger partial charge in [0.05, 0.1) is 12.0 Å². The predicted octanol–water partition coefficient (Wildman–Crippen LogP) is 0.973. The molecule has 0 aliphatic heterocycles. The lowest BCUT2D eigenvalue weighted by atomic mass is 10.3. The van der Waals surface area contributed by atoms with Gasteiger partial charge in [0.15, 0.2) is 0 Å². The van der Waals surface area contributed by atoms with E-state index in [2.05, 4.69) is 20.4 Å². The van der Waals surface area contributed by atoms with Crippen LogP contribution in [0.5, 0.6) is 0 Å². The first kappa shape index (κ1) is 14.0. The molecule has 1 N–H and O–H groups in total. The molecule has 22 heavy (non-hydrogen) atoms. The van der Waals surface area contributed by atoms with Gasteiger partial charge in [-0.25, -0.2) is 14.6 Å².